The van der Waals surface area contributed by atoms with Gasteiger partial charge in [-0.1, -0.05) is 12.1 Å². The number of nitrogens with zero attached hydrogens (tertiary/aromatic N) is 1. The minimum absolute atomic E-state index is 0.121. The van der Waals surface area contributed by atoms with E-state index in [9.17, 15) is 0 Å². The number of aryl methyl sites for hydroxylation is 1. The van der Waals surface area contributed by atoms with Gasteiger partial charge in [0.1, 0.15) is 0 Å². The van der Waals surface area contributed by atoms with E-state index in [2.05, 4.69) is 57.7 Å². The third kappa shape index (κ3) is 3.53. The lowest BCUT2D eigenvalue weighted by molar-refractivity contribution is -0.133. The molecule has 0 saturated carbocycles. The van der Waals surface area contributed by atoms with Crippen molar-refractivity contribution in [2.75, 3.05) is 24.5 Å². The van der Waals surface area contributed by atoms with Gasteiger partial charge in [0, 0.05) is 18.8 Å². The first-order valence-electron chi connectivity index (χ1n) is 7.47. The highest BCUT2D eigenvalue weighted by atomic mass is 16.5. The second-order valence-corrected chi connectivity index (χ2v) is 7.14. The minimum Gasteiger partial charge on any atom is -0.366 e. The Bertz CT molecular complexity index is 464. The number of morpholine rings is 1. The van der Waals surface area contributed by atoms with Gasteiger partial charge in [0.15, 0.2) is 0 Å². The SMILES string of the molecule is Cc1cc(CCN)ccc1N1CC(C)(C)OC(C)(C)C1. The van der Waals surface area contributed by atoms with Crippen molar-refractivity contribution in [3.8, 4) is 0 Å². The number of nitrogens with two attached hydrogens (primary N) is 1. The molecule has 1 aromatic carbocycles. The summed E-state index contributed by atoms with van der Waals surface area (Å²) < 4.78 is 6.16. The lowest BCUT2D eigenvalue weighted by atomic mass is 9.97. The maximum absolute atomic E-state index is 6.16. The third-order valence-corrected chi connectivity index (χ3v) is 3.73. The van der Waals surface area contributed by atoms with Crippen molar-refractivity contribution >= 4 is 5.69 Å². The number of hydrogen-bond donors (Lipinski definition) is 1. The standard InChI is InChI=1S/C17H28N2O/c1-13-10-14(8-9-18)6-7-15(13)19-11-16(2,3)20-17(4,5)12-19/h6-7,10H,8-9,11-12,18H2,1-5H3. The lowest BCUT2D eigenvalue weighted by Crippen LogP contribution is -2.57. The number of anilines is 1. The molecule has 1 heterocycles. The van der Waals surface area contributed by atoms with Gasteiger partial charge < -0.3 is 15.4 Å². The highest BCUT2D eigenvalue weighted by Crippen LogP contribution is 2.33. The summed E-state index contributed by atoms with van der Waals surface area (Å²) in [5, 5.41) is 0. The Morgan fingerprint density at radius 3 is 2.25 bits per heavy atom. The highest BCUT2D eigenvalue weighted by molar-refractivity contribution is 5.55. The van der Waals surface area contributed by atoms with Gasteiger partial charge in [-0.25, -0.2) is 0 Å². The van der Waals surface area contributed by atoms with Gasteiger partial charge in [-0.3, -0.25) is 0 Å². The predicted octanol–water partition coefficient (Wildman–Crippen LogP) is 2.89. The third-order valence-electron chi connectivity index (χ3n) is 3.73. The van der Waals surface area contributed by atoms with E-state index in [0.29, 0.717) is 6.54 Å². The van der Waals surface area contributed by atoms with Gasteiger partial charge in [0.2, 0.25) is 0 Å². The van der Waals surface area contributed by atoms with Crippen molar-refractivity contribution in [3.05, 3.63) is 29.3 Å². The van der Waals surface area contributed by atoms with E-state index in [0.717, 1.165) is 19.5 Å². The number of hydrogen-bond acceptors (Lipinski definition) is 3. The molecule has 3 heteroatoms. The van der Waals surface area contributed by atoms with Crippen molar-refractivity contribution in [1.82, 2.24) is 0 Å². The summed E-state index contributed by atoms with van der Waals surface area (Å²) in [6.07, 6.45) is 0.946. The van der Waals surface area contributed by atoms with Crippen LogP contribution in [-0.4, -0.2) is 30.8 Å². The summed E-state index contributed by atoms with van der Waals surface area (Å²) in [5.74, 6) is 0. The number of rotatable bonds is 3. The highest BCUT2D eigenvalue weighted by Gasteiger charge is 2.38. The van der Waals surface area contributed by atoms with Gasteiger partial charge >= 0.3 is 0 Å². The van der Waals surface area contributed by atoms with Crippen molar-refractivity contribution in [2.24, 2.45) is 5.73 Å². The Balaban J connectivity index is 2.26. The molecule has 0 aromatic heterocycles. The van der Waals surface area contributed by atoms with Crippen LogP contribution in [0.15, 0.2) is 18.2 Å². The molecular formula is C17H28N2O. The number of benzene rings is 1. The van der Waals surface area contributed by atoms with Crippen LogP contribution in [0.3, 0.4) is 0 Å². The van der Waals surface area contributed by atoms with Crippen LogP contribution in [0.25, 0.3) is 0 Å². The zero-order valence-corrected chi connectivity index (χ0v) is 13.5. The normalized spacial score (nSPS) is 21.0. The second kappa shape index (κ2) is 5.38. The molecule has 2 rings (SSSR count). The summed E-state index contributed by atoms with van der Waals surface area (Å²) in [7, 11) is 0. The van der Waals surface area contributed by atoms with Gasteiger partial charge in [-0.15, -0.1) is 0 Å². The first-order valence-corrected chi connectivity index (χ1v) is 7.47. The Hall–Kier alpha value is -1.06. The van der Waals surface area contributed by atoms with E-state index in [1.807, 2.05) is 0 Å². The number of ether oxygens (including phenoxy) is 1. The van der Waals surface area contributed by atoms with E-state index in [1.165, 1.54) is 16.8 Å². The molecule has 1 fully saturated rings. The van der Waals surface area contributed by atoms with Crippen LogP contribution < -0.4 is 10.6 Å². The fourth-order valence-electron chi connectivity index (χ4n) is 3.35. The molecule has 0 atom stereocenters. The molecule has 1 saturated heterocycles. The molecule has 3 nitrogen and oxygen atoms in total. The topological polar surface area (TPSA) is 38.5 Å². The molecule has 0 bridgehead atoms. The van der Waals surface area contributed by atoms with Crippen LogP contribution in [0.5, 0.6) is 0 Å². The van der Waals surface area contributed by atoms with Crippen LogP contribution in [0.2, 0.25) is 0 Å². The summed E-state index contributed by atoms with van der Waals surface area (Å²) in [6, 6.07) is 6.69. The zero-order valence-electron chi connectivity index (χ0n) is 13.5. The Morgan fingerprint density at radius 2 is 1.75 bits per heavy atom. The maximum atomic E-state index is 6.16. The summed E-state index contributed by atoms with van der Waals surface area (Å²) in [6.45, 7) is 13.4. The molecule has 2 N–H and O–H groups in total. The fraction of sp³-hybridized carbons (Fsp3) is 0.647. The van der Waals surface area contributed by atoms with Gasteiger partial charge in [0.25, 0.3) is 0 Å². The van der Waals surface area contributed by atoms with E-state index in [-0.39, 0.29) is 11.2 Å². The smallest absolute Gasteiger partial charge is 0.0808 e. The predicted molar refractivity (Wildman–Crippen MR) is 85.4 cm³/mol. The largest absolute Gasteiger partial charge is 0.366 e. The summed E-state index contributed by atoms with van der Waals surface area (Å²) in [5.41, 5.74) is 9.35. The van der Waals surface area contributed by atoms with Gasteiger partial charge in [-0.2, -0.15) is 0 Å². The molecular weight excluding hydrogens is 248 g/mol. The second-order valence-electron chi connectivity index (χ2n) is 7.14. The van der Waals surface area contributed by atoms with E-state index < -0.39 is 0 Å². The van der Waals surface area contributed by atoms with Crippen LogP contribution in [0.1, 0.15) is 38.8 Å². The van der Waals surface area contributed by atoms with Crippen LogP contribution >= 0.6 is 0 Å². The Morgan fingerprint density at radius 1 is 1.15 bits per heavy atom. The van der Waals surface area contributed by atoms with Crippen LogP contribution in [0.4, 0.5) is 5.69 Å². The van der Waals surface area contributed by atoms with E-state index in [1.54, 1.807) is 0 Å². The molecule has 20 heavy (non-hydrogen) atoms. The average Bonchev–Trinajstić information content (AvgIpc) is 2.25. The molecule has 1 aliphatic heterocycles. The lowest BCUT2D eigenvalue weighted by Gasteiger charge is -2.48. The summed E-state index contributed by atoms with van der Waals surface area (Å²) >= 11 is 0. The van der Waals surface area contributed by atoms with Crippen molar-refractivity contribution < 1.29 is 4.74 Å². The first-order chi connectivity index (χ1) is 9.22. The van der Waals surface area contributed by atoms with Crippen molar-refractivity contribution in [1.29, 1.82) is 0 Å². The quantitative estimate of drug-likeness (QED) is 0.922. The molecule has 0 aliphatic carbocycles. The molecule has 0 amide bonds. The van der Waals surface area contributed by atoms with E-state index in [4.69, 9.17) is 10.5 Å². The average molecular weight is 276 g/mol. The zero-order chi connectivity index (χ0) is 15.0. The first kappa shape index (κ1) is 15.3. The van der Waals surface area contributed by atoms with Crippen LogP contribution in [0, 0.1) is 6.92 Å². The minimum atomic E-state index is -0.121. The van der Waals surface area contributed by atoms with Gasteiger partial charge in [0.05, 0.1) is 11.2 Å². The fourth-order valence-corrected chi connectivity index (χ4v) is 3.35. The molecule has 112 valence electrons. The van der Waals surface area contributed by atoms with Crippen molar-refractivity contribution in [3.63, 3.8) is 0 Å². The summed E-state index contributed by atoms with van der Waals surface area (Å²) in [4.78, 5) is 2.45. The monoisotopic (exact) mass is 276 g/mol. The molecule has 1 aromatic rings. The Labute approximate surface area is 123 Å². The molecule has 1 aliphatic rings. The molecule has 0 radical (unpaired) electrons. The maximum Gasteiger partial charge on any atom is 0.0808 e. The van der Waals surface area contributed by atoms with Crippen LogP contribution in [-0.2, 0) is 11.2 Å². The Kier molecular flexibility index (Phi) is 4.12. The molecule has 0 spiro atoms. The van der Waals surface area contributed by atoms with Crippen molar-refractivity contribution in [2.45, 2.75) is 52.2 Å². The molecule has 0 unspecified atom stereocenters. The van der Waals surface area contributed by atoms with E-state index >= 15 is 0 Å². The van der Waals surface area contributed by atoms with Gasteiger partial charge in [-0.05, 0) is 64.8 Å².